The second kappa shape index (κ2) is 4.77. The van der Waals surface area contributed by atoms with Gasteiger partial charge in [0.25, 0.3) is 0 Å². The minimum absolute atomic E-state index is 0.509. The zero-order valence-electron chi connectivity index (χ0n) is 12.0. The Labute approximate surface area is 125 Å². The van der Waals surface area contributed by atoms with Gasteiger partial charge in [-0.1, -0.05) is 18.6 Å². The average molecular weight is 289 g/mol. The zero-order chi connectivity index (χ0) is 13.7. The molecule has 2 saturated carbocycles. The van der Waals surface area contributed by atoms with Crippen molar-refractivity contribution in [3.8, 4) is 0 Å². The van der Waals surface area contributed by atoms with E-state index in [0.29, 0.717) is 5.88 Å². The van der Waals surface area contributed by atoms with E-state index in [4.69, 9.17) is 16.6 Å². The van der Waals surface area contributed by atoms with E-state index in [9.17, 15) is 0 Å². The number of halogens is 1. The number of rotatable bonds is 3. The largest absolute Gasteiger partial charge is 0.327 e. The van der Waals surface area contributed by atoms with Gasteiger partial charge in [0.1, 0.15) is 5.82 Å². The van der Waals surface area contributed by atoms with E-state index < -0.39 is 0 Å². The molecule has 3 heteroatoms. The van der Waals surface area contributed by atoms with Crippen LogP contribution in [-0.2, 0) is 12.4 Å². The molecule has 2 fully saturated rings. The highest BCUT2D eigenvalue weighted by Crippen LogP contribution is 2.49. The maximum atomic E-state index is 6.14. The molecule has 0 radical (unpaired) electrons. The van der Waals surface area contributed by atoms with Gasteiger partial charge in [-0.05, 0) is 55.6 Å². The van der Waals surface area contributed by atoms with Crippen LogP contribution in [0.25, 0.3) is 11.0 Å². The maximum absolute atomic E-state index is 6.14. The summed E-state index contributed by atoms with van der Waals surface area (Å²) in [5.41, 5.74) is 3.65. The minimum atomic E-state index is 0.509. The van der Waals surface area contributed by atoms with Crippen molar-refractivity contribution in [2.75, 3.05) is 0 Å². The molecule has 2 aromatic rings. The highest BCUT2D eigenvalue weighted by Gasteiger charge is 2.39. The Kier molecular flexibility index (Phi) is 3.03. The molecule has 20 heavy (non-hydrogen) atoms. The van der Waals surface area contributed by atoms with E-state index >= 15 is 0 Å². The van der Waals surface area contributed by atoms with Crippen LogP contribution in [0.5, 0.6) is 0 Å². The molecule has 0 amide bonds. The molecule has 1 aromatic heterocycles. The summed E-state index contributed by atoms with van der Waals surface area (Å²) in [5.74, 6) is 4.34. The van der Waals surface area contributed by atoms with Crippen molar-refractivity contribution < 1.29 is 0 Å². The van der Waals surface area contributed by atoms with Crippen LogP contribution in [0.3, 0.4) is 0 Å². The van der Waals surface area contributed by atoms with Gasteiger partial charge in [0.15, 0.2) is 0 Å². The summed E-state index contributed by atoms with van der Waals surface area (Å²) in [5, 5.41) is 0. The molecule has 3 atom stereocenters. The number of nitrogens with zero attached hydrogens (tertiary/aromatic N) is 2. The fourth-order valence-electron chi connectivity index (χ4n) is 4.48. The standard InChI is InChI=1S/C17H21ClN2/c1-11-3-2-4-15-17(11)19-16(9-18)20(15)10-14-8-12-5-6-13(14)7-12/h2-4,12-14H,5-10H2,1H3. The van der Waals surface area contributed by atoms with Crippen molar-refractivity contribution in [3.05, 3.63) is 29.6 Å². The SMILES string of the molecule is Cc1cccc2c1nc(CCl)n2CC1CC2CCC1C2. The first kappa shape index (κ1) is 12.7. The van der Waals surface area contributed by atoms with E-state index in [1.165, 1.54) is 36.8 Å². The van der Waals surface area contributed by atoms with Crippen LogP contribution in [-0.4, -0.2) is 9.55 Å². The van der Waals surface area contributed by atoms with Crippen molar-refractivity contribution >= 4 is 22.6 Å². The lowest BCUT2D eigenvalue weighted by Crippen LogP contribution is -2.18. The molecule has 2 bridgehead atoms. The predicted molar refractivity (Wildman–Crippen MR) is 83.0 cm³/mol. The third-order valence-electron chi connectivity index (χ3n) is 5.48. The number of hydrogen-bond acceptors (Lipinski definition) is 1. The highest BCUT2D eigenvalue weighted by molar-refractivity contribution is 6.16. The Balaban J connectivity index is 1.73. The van der Waals surface area contributed by atoms with Gasteiger partial charge in [0.2, 0.25) is 0 Å². The molecule has 2 aliphatic rings. The first-order chi connectivity index (χ1) is 9.76. The summed E-state index contributed by atoms with van der Waals surface area (Å²) >= 11 is 6.14. The number of fused-ring (bicyclic) bond motifs is 3. The zero-order valence-corrected chi connectivity index (χ0v) is 12.7. The molecule has 0 spiro atoms. The predicted octanol–water partition coefficient (Wildman–Crippen LogP) is 4.52. The van der Waals surface area contributed by atoms with Crippen LogP contribution >= 0.6 is 11.6 Å². The Morgan fingerprint density at radius 3 is 2.90 bits per heavy atom. The van der Waals surface area contributed by atoms with Gasteiger partial charge in [-0.25, -0.2) is 4.98 Å². The fourth-order valence-corrected chi connectivity index (χ4v) is 4.68. The number of imidazole rings is 1. The molecule has 0 saturated heterocycles. The van der Waals surface area contributed by atoms with E-state index in [2.05, 4.69) is 29.7 Å². The Morgan fingerprint density at radius 2 is 2.20 bits per heavy atom. The van der Waals surface area contributed by atoms with Crippen molar-refractivity contribution in [2.45, 2.75) is 45.0 Å². The van der Waals surface area contributed by atoms with Gasteiger partial charge >= 0.3 is 0 Å². The second-order valence-electron chi connectivity index (χ2n) is 6.65. The molecular weight excluding hydrogens is 268 g/mol. The topological polar surface area (TPSA) is 17.8 Å². The fraction of sp³-hybridized carbons (Fsp3) is 0.588. The number of hydrogen-bond donors (Lipinski definition) is 0. The van der Waals surface area contributed by atoms with Crippen molar-refractivity contribution in [3.63, 3.8) is 0 Å². The molecule has 106 valence electrons. The maximum Gasteiger partial charge on any atom is 0.124 e. The number of para-hydroxylation sites is 1. The molecule has 0 aliphatic heterocycles. The van der Waals surface area contributed by atoms with Crippen LogP contribution in [0, 0.1) is 24.7 Å². The average Bonchev–Trinajstić information content (AvgIpc) is 3.14. The second-order valence-corrected chi connectivity index (χ2v) is 6.92. The van der Waals surface area contributed by atoms with Crippen LogP contribution in [0.1, 0.15) is 37.1 Å². The van der Waals surface area contributed by atoms with Gasteiger partial charge in [-0.2, -0.15) is 0 Å². The quantitative estimate of drug-likeness (QED) is 0.759. The summed E-state index contributed by atoms with van der Waals surface area (Å²) < 4.78 is 2.39. The van der Waals surface area contributed by atoms with Crippen LogP contribution in [0.2, 0.25) is 0 Å². The molecule has 2 nitrogen and oxygen atoms in total. The number of alkyl halides is 1. The van der Waals surface area contributed by atoms with Crippen LogP contribution in [0.4, 0.5) is 0 Å². The van der Waals surface area contributed by atoms with Gasteiger partial charge in [0, 0.05) is 6.54 Å². The molecule has 0 N–H and O–H groups in total. The lowest BCUT2D eigenvalue weighted by atomic mass is 9.89. The van der Waals surface area contributed by atoms with E-state index in [1.54, 1.807) is 0 Å². The highest BCUT2D eigenvalue weighted by atomic mass is 35.5. The summed E-state index contributed by atoms with van der Waals surface area (Å²) in [6, 6.07) is 6.46. The summed E-state index contributed by atoms with van der Waals surface area (Å²) in [6.07, 6.45) is 5.79. The first-order valence-electron chi connectivity index (χ1n) is 7.77. The van der Waals surface area contributed by atoms with Gasteiger partial charge in [0.05, 0.1) is 16.9 Å². The summed E-state index contributed by atoms with van der Waals surface area (Å²) in [4.78, 5) is 4.77. The van der Waals surface area contributed by atoms with Gasteiger partial charge in [-0.15, -0.1) is 11.6 Å². The molecular formula is C17H21ClN2. The monoisotopic (exact) mass is 288 g/mol. The van der Waals surface area contributed by atoms with E-state index in [0.717, 1.165) is 35.6 Å². The lowest BCUT2D eigenvalue weighted by molar-refractivity contribution is 0.296. The summed E-state index contributed by atoms with van der Waals surface area (Å²) in [6.45, 7) is 3.25. The molecule has 1 heterocycles. The van der Waals surface area contributed by atoms with E-state index in [-0.39, 0.29) is 0 Å². The Hall–Kier alpha value is -1.02. The first-order valence-corrected chi connectivity index (χ1v) is 8.30. The number of aromatic nitrogens is 2. The third-order valence-corrected chi connectivity index (χ3v) is 5.72. The third kappa shape index (κ3) is 1.88. The Morgan fingerprint density at radius 1 is 1.30 bits per heavy atom. The summed E-state index contributed by atoms with van der Waals surface area (Å²) in [7, 11) is 0. The van der Waals surface area contributed by atoms with Crippen molar-refractivity contribution in [1.29, 1.82) is 0 Å². The number of aryl methyl sites for hydroxylation is 1. The molecule has 2 aliphatic carbocycles. The minimum Gasteiger partial charge on any atom is -0.327 e. The van der Waals surface area contributed by atoms with Crippen molar-refractivity contribution in [2.24, 2.45) is 17.8 Å². The normalized spacial score (nSPS) is 28.6. The Bertz CT molecular complexity index is 646. The molecule has 1 aromatic carbocycles. The van der Waals surface area contributed by atoms with Crippen molar-refractivity contribution in [1.82, 2.24) is 9.55 Å². The van der Waals surface area contributed by atoms with Crippen LogP contribution < -0.4 is 0 Å². The number of benzene rings is 1. The van der Waals surface area contributed by atoms with Crippen LogP contribution in [0.15, 0.2) is 18.2 Å². The van der Waals surface area contributed by atoms with Gasteiger partial charge in [-0.3, -0.25) is 0 Å². The van der Waals surface area contributed by atoms with Gasteiger partial charge < -0.3 is 4.57 Å². The van der Waals surface area contributed by atoms with E-state index in [1.807, 2.05) is 0 Å². The molecule has 3 unspecified atom stereocenters. The smallest absolute Gasteiger partial charge is 0.124 e. The lowest BCUT2D eigenvalue weighted by Gasteiger charge is -2.23. The molecule has 4 rings (SSSR count).